The molecule has 27 heavy (non-hydrogen) atoms. The number of aryl methyl sites for hydroxylation is 1. The van der Waals surface area contributed by atoms with Crippen molar-refractivity contribution in [1.82, 2.24) is 24.9 Å². The van der Waals surface area contributed by atoms with Gasteiger partial charge in [0.1, 0.15) is 29.6 Å². The smallest absolute Gasteiger partial charge is 0.139 e. The average Bonchev–Trinajstić information content (AvgIpc) is 2.69. The van der Waals surface area contributed by atoms with Crippen molar-refractivity contribution >= 4 is 34.0 Å². The number of nitrogens with zero attached hydrogens (tertiary/aromatic N) is 5. The molecule has 0 unspecified atom stereocenters. The molecule has 0 aliphatic carbocycles. The second-order valence-electron chi connectivity index (χ2n) is 5.92. The zero-order valence-corrected chi connectivity index (χ0v) is 14.9. The first-order valence-corrected chi connectivity index (χ1v) is 8.41. The summed E-state index contributed by atoms with van der Waals surface area (Å²) >= 11 is 0. The number of fused-ring (bicyclic) bond motifs is 1. The van der Waals surface area contributed by atoms with E-state index in [1.54, 1.807) is 6.20 Å². The fourth-order valence-corrected chi connectivity index (χ4v) is 2.87. The summed E-state index contributed by atoms with van der Waals surface area (Å²) in [6.45, 7) is 1.82. The third-order valence-corrected chi connectivity index (χ3v) is 4.13. The minimum absolute atomic E-state index is 0.455. The van der Waals surface area contributed by atoms with Crippen molar-refractivity contribution in [3.05, 3.63) is 54.7 Å². The van der Waals surface area contributed by atoms with Crippen LogP contribution in [0.15, 0.2) is 48.9 Å². The minimum Gasteiger partial charge on any atom is -0.383 e. The number of anilines is 4. The molecule has 8 nitrogen and oxygen atoms in total. The van der Waals surface area contributed by atoms with Gasteiger partial charge in [0.15, 0.2) is 0 Å². The normalized spacial score (nSPS) is 10.7. The zero-order chi connectivity index (χ0) is 18.8. The van der Waals surface area contributed by atoms with E-state index in [9.17, 15) is 0 Å². The van der Waals surface area contributed by atoms with Gasteiger partial charge in [0, 0.05) is 30.3 Å². The SMILES string of the molecule is CNc1cc(-c2cccnc2Nc2cccc3c(N)nc(C)nc23)ncn1. The highest BCUT2D eigenvalue weighted by Crippen LogP contribution is 2.31. The van der Waals surface area contributed by atoms with E-state index >= 15 is 0 Å². The molecule has 0 spiro atoms. The molecule has 3 heterocycles. The van der Waals surface area contributed by atoms with Crippen LogP contribution in [0.25, 0.3) is 22.2 Å². The molecule has 4 rings (SSSR count). The predicted molar refractivity (Wildman–Crippen MR) is 107 cm³/mol. The van der Waals surface area contributed by atoms with Crippen molar-refractivity contribution in [3.8, 4) is 11.3 Å². The van der Waals surface area contributed by atoms with Crippen LogP contribution < -0.4 is 16.4 Å². The number of aromatic nitrogens is 5. The van der Waals surface area contributed by atoms with E-state index in [1.807, 2.05) is 50.4 Å². The van der Waals surface area contributed by atoms with Crippen LogP contribution in [0, 0.1) is 6.92 Å². The second kappa shape index (κ2) is 6.83. The maximum absolute atomic E-state index is 6.05. The van der Waals surface area contributed by atoms with Crippen molar-refractivity contribution in [2.24, 2.45) is 0 Å². The summed E-state index contributed by atoms with van der Waals surface area (Å²) in [6, 6.07) is 11.4. The number of nitrogens with two attached hydrogens (primary N) is 1. The second-order valence-corrected chi connectivity index (χ2v) is 5.92. The highest BCUT2D eigenvalue weighted by atomic mass is 15.0. The number of hydrogen-bond acceptors (Lipinski definition) is 8. The molecule has 4 N–H and O–H groups in total. The lowest BCUT2D eigenvalue weighted by molar-refractivity contribution is 1.10. The maximum atomic E-state index is 6.05. The van der Waals surface area contributed by atoms with Gasteiger partial charge in [0.25, 0.3) is 0 Å². The standard InChI is InChI=1S/C19H18N8/c1-11-25-17-13(18(20)26-11)5-3-7-14(17)27-19-12(6-4-8-22-19)15-9-16(21-2)24-10-23-15/h3-10H,1-2H3,(H,22,27)(H2,20,25,26)(H,21,23,24). The van der Waals surface area contributed by atoms with E-state index in [1.165, 1.54) is 6.33 Å². The fraction of sp³-hybridized carbons (Fsp3) is 0.105. The van der Waals surface area contributed by atoms with Gasteiger partial charge in [-0.15, -0.1) is 0 Å². The third kappa shape index (κ3) is 3.20. The molecule has 0 aliphatic rings. The number of benzene rings is 1. The zero-order valence-electron chi connectivity index (χ0n) is 14.9. The summed E-state index contributed by atoms with van der Waals surface area (Å²) in [7, 11) is 1.82. The molecular formula is C19H18N8. The van der Waals surface area contributed by atoms with Crippen LogP contribution in [0.3, 0.4) is 0 Å². The van der Waals surface area contributed by atoms with E-state index in [2.05, 4.69) is 35.6 Å². The molecule has 4 aromatic rings. The van der Waals surface area contributed by atoms with E-state index in [0.29, 0.717) is 17.5 Å². The molecule has 0 amide bonds. The van der Waals surface area contributed by atoms with Gasteiger partial charge in [-0.25, -0.2) is 24.9 Å². The van der Waals surface area contributed by atoms with E-state index in [0.717, 1.165) is 33.7 Å². The molecule has 0 atom stereocenters. The first-order valence-electron chi connectivity index (χ1n) is 8.41. The molecule has 8 heteroatoms. The quantitative estimate of drug-likeness (QED) is 0.510. The van der Waals surface area contributed by atoms with Crippen molar-refractivity contribution in [1.29, 1.82) is 0 Å². The summed E-state index contributed by atoms with van der Waals surface area (Å²) in [6.07, 6.45) is 3.25. The lowest BCUT2D eigenvalue weighted by Crippen LogP contribution is -2.02. The summed E-state index contributed by atoms with van der Waals surface area (Å²) in [4.78, 5) is 21.8. The summed E-state index contributed by atoms with van der Waals surface area (Å²) < 4.78 is 0. The lowest BCUT2D eigenvalue weighted by Gasteiger charge is -2.13. The molecule has 3 aromatic heterocycles. The van der Waals surface area contributed by atoms with Gasteiger partial charge in [0.05, 0.1) is 16.9 Å². The molecular weight excluding hydrogens is 340 g/mol. The first-order chi connectivity index (χ1) is 13.2. The van der Waals surface area contributed by atoms with Gasteiger partial charge in [-0.05, 0) is 31.2 Å². The minimum atomic E-state index is 0.455. The number of hydrogen-bond donors (Lipinski definition) is 3. The molecule has 0 aliphatic heterocycles. The highest BCUT2D eigenvalue weighted by Gasteiger charge is 2.12. The van der Waals surface area contributed by atoms with Crippen LogP contribution in [0.1, 0.15) is 5.82 Å². The van der Waals surface area contributed by atoms with Crippen molar-refractivity contribution < 1.29 is 0 Å². The van der Waals surface area contributed by atoms with Crippen molar-refractivity contribution in [2.75, 3.05) is 23.4 Å². The molecule has 1 aromatic carbocycles. The van der Waals surface area contributed by atoms with Crippen LogP contribution >= 0.6 is 0 Å². The number of nitrogen functional groups attached to an aromatic ring is 1. The number of pyridine rings is 1. The van der Waals surface area contributed by atoms with Gasteiger partial charge in [0.2, 0.25) is 0 Å². The molecule has 0 saturated carbocycles. The fourth-order valence-electron chi connectivity index (χ4n) is 2.87. The van der Waals surface area contributed by atoms with Crippen LogP contribution in [0.5, 0.6) is 0 Å². The average molecular weight is 358 g/mol. The lowest BCUT2D eigenvalue weighted by atomic mass is 10.1. The van der Waals surface area contributed by atoms with Crippen LogP contribution in [0.2, 0.25) is 0 Å². The summed E-state index contributed by atoms with van der Waals surface area (Å²) in [5.74, 6) is 2.47. The van der Waals surface area contributed by atoms with Gasteiger partial charge in [-0.3, -0.25) is 0 Å². The van der Waals surface area contributed by atoms with Gasteiger partial charge in [-0.2, -0.15) is 0 Å². The molecule has 0 radical (unpaired) electrons. The molecule has 0 bridgehead atoms. The van der Waals surface area contributed by atoms with E-state index < -0.39 is 0 Å². The van der Waals surface area contributed by atoms with Gasteiger partial charge >= 0.3 is 0 Å². The molecule has 0 fully saturated rings. The predicted octanol–water partition coefficient (Wildman–Crippen LogP) is 3.16. The monoisotopic (exact) mass is 358 g/mol. The van der Waals surface area contributed by atoms with E-state index in [4.69, 9.17) is 5.73 Å². The summed E-state index contributed by atoms with van der Waals surface area (Å²) in [5, 5.41) is 7.18. The van der Waals surface area contributed by atoms with Crippen LogP contribution in [-0.2, 0) is 0 Å². The molecule has 0 saturated heterocycles. The Morgan fingerprint density at radius 2 is 1.89 bits per heavy atom. The Morgan fingerprint density at radius 3 is 2.74 bits per heavy atom. The summed E-state index contributed by atoms with van der Waals surface area (Å²) in [5.41, 5.74) is 9.21. The largest absolute Gasteiger partial charge is 0.383 e. The number of para-hydroxylation sites is 1. The Balaban J connectivity index is 1.82. The maximum Gasteiger partial charge on any atom is 0.139 e. The van der Waals surface area contributed by atoms with Gasteiger partial charge in [-0.1, -0.05) is 6.07 Å². The topological polar surface area (TPSA) is 115 Å². The van der Waals surface area contributed by atoms with E-state index in [-0.39, 0.29) is 0 Å². The Bertz CT molecular complexity index is 1130. The molecule has 134 valence electrons. The van der Waals surface area contributed by atoms with Crippen LogP contribution in [-0.4, -0.2) is 32.0 Å². The first kappa shape index (κ1) is 16.6. The highest BCUT2D eigenvalue weighted by molar-refractivity contribution is 5.98. The van der Waals surface area contributed by atoms with Gasteiger partial charge < -0.3 is 16.4 Å². The van der Waals surface area contributed by atoms with Crippen molar-refractivity contribution in [3.63, 3.8) is 0 Å². The Labute approximate surface area is 155 Å². The number of nitrogens with one attached hydrogen (secondary N) is 2. The Morgan fingerprint density at radius 1 is 1.00 bits per heavy atom. The van der Waals surface area contributed by atoms with Crippen molar-refractivity contribution in [2.45, 2.75) is 6.92 Å². The van der Waals surface area contributed by atoms with Crippen LogP contribution in [0.4, 0.5) is 23.1 Å². The Kier molecular flexibility index (Phi) is 4.21. The third-order valence-electron chi connectivity index (χ3n) is 4.13. The number of rotatable bonds is 4. The Hall–Kier alpha value is -3.81.